The third-order valence-corrected chi connectivity index (χ3v) is 4.40. The SMILES string of the molecule is COC1CN(CC(N)c2cc(C)cc(C)c2)CCC1C. The highest BCUT2D eigenvalue weighted by Gasteiger charge is 2.26. The van der Waals surface area contributed by atoms with Crippen LogP contribution in [0.15, 0.2) is 18.2 Å². The molecule has 2 N–H and O–H groups in total. The minimum absolute atomic E-state index is 0.0829. The van der Waals surface area contributed by atoms with E-state index in [4.69, 9.17) is 10.5 Å². The van der Waals surface area contributed by atoms with Crippen LogP contribution in [0.2, 0.25) is 0 Å². The Balaban J connectivity index is 1.99. The van der Waals surface area contributed by atoms with Crippen molar-refractivity contribution in [1.29, 1.82) is 0 Å². The van der Waals surface area contributed by atoms with Crippen molar-refractivity contribution in [2.75, 3.05) is 26.7 Å². The Morgan fingerprint density at radius 1 is 1.30 bits per heavy atom. The summed E-state index contributed by atoms with van der Waals surface area (Å²) >= 11 is 0. The van der Waals surface area contributed by atoms with Crippen LogP contribution < -0.4 is 5.73 Å². The van der Waals surface area contributed by atoms with Crippen LogP contribution in [0.5, 0.6) is 0 Å². The average Bonchev–Trinajstić information content (AvgIpc) is 2.39. The van der Waals surface area contributed by atoms with E-state index in [1.54, 1.807) is 0 Å². The molecule has 112 valence electrons. The molecule has 3 unspecified atom stereocenters. The smallest absolute Gasteiger partial charge is 0.0724 e. The zero-order valence-electron chi connectivity index (χ0n) is 13.2. The van der Waals surface area contributed by atoms with Crippen LogP contribution in [0.25, 0.3) is 0 Å². The molecule has 0 aromatic heterocycles. The minimum Gasteiger partial charge on any atom is -0.380 e. The summed E-state index contributed by atoms with van der Waals surface area (Å²) in [5.74, 6) is 0.647. The molecule has 0 radical (unpaired) electrons. The van der Waals surface area contributed by atoms with Gasteiger partial charge >= 0.3 is 0 Å². The number of rotatable bonds is 4. The highest BCUT2D eigenvalue weighted by atomic mass is 16.5. The van der Waals surface area contributed by atoms with E-state index in [1.807, 2.05) is 7.11 Å². The van der Waals surface area contributed by atoms with E-state index in [9.17, 15) is 0 Å². The van der Waals surface area contributed by atoms with Gasteiger partial charge in [-0.2, -0.15) is 0 Å². The number of hydrogen-bond donors (Lipinski definition) is 1. The summed E-state index contributed by atoms with van der Waals surface area (Å²) in [7, 11) is 1.81. The maximum Gasteiger partial charge on any atom is 0.0724 e. The Labute approximate surface area is 123 Å². The van der Waals surface area contributed by atoms with Gasteiger partial charge in [-0.05, 0) is 38.3 Å². The molecule has 0 saturated carbocycles. The molecule has 0 bridgehead atoms. The van der Waals surface area contributed by atoms with Crippen LogP contribution in [0.3, 0.4) is 0 Å². The summed E-state index contributed by atoms with van der Waals surface area (Å²) in [4.78, 5) is 2.44. The molecular formula is C17H28N2O. The zero-order chi connectivity index (χ0) is 14.7. The van der Waals surface area contributed by atoms with E-state index in [0.717, 1.165) is 19.6 Å². The predicted octanol–water partition coefficient (Wildman–Crippen LogP) is 2.66. The molecule has 3 heteroatoms. The molecule has 1 aromatic carbocycles. The molecule has 0 spiro atoms. The molecule has 1 heterocycles. The molecule has 0 amide bonds. The summed E-state index contributed by atoms with van der Waals surface area (Å²) in [6.07, 6.45) is 1.54. The number of benzene rings is 1. The zero-order valence-corrected chi connectivity index (χ0v) is 13.2. The molecule has 1 saturated heterocycles. The Bertz CT molecular complexity index is 426. The van der Waals surface area contributed by atoms with Crippen molar-refractivity contribution in [1.82, 2.24) is 4.90 Å². The van der Waals surface area contributed by atoms with Crippen LogP contribution in [0.4, 0.5) is 0 Å². The Morgan fingerprint density at radius 2 is 1.95 bits per heavy atom. The molecule has 2 rings (SSSR count). The Morgan fingerprint density at radius 3 is 2.55 bits per heavy atom. The Hall–Kier alpha value is -0.900. The number of ether oxygens (including phenoxy) is 1. The lowest BCUT2D eigenvalue weighted by Gasteiger charge is -2.37. The van der Waals surface area contributed by atoms with Gasteiger partial charge in [-0.15, -0.1) is 0 Å². The first kappa shape index (κ1) is 15.5. The first-order chi connectivity index (χ1) is 9.49. The van der Waals surface area contributed by atoms with Crippen LogP contribution >= 0.6 is 0 Å². The van der Waals surface area contributed by atoms with Gasteiger partial charge in [-0.1, -0.05) is 36.2 Å². The standard InChI is InChI=1S/C17H28N2O/c1-12-7-13(2)9-15(8-12)16(18)10-19-6-5-14(3)17(11-19)20-4/h7-9,14,16-17H,5-6,10-11,18H2,1-4H3. The average molecular weight is 276 g/mol. The van der Waals surface area contributed by atoms with Gasteiger partial charge < -0.3 is 10.5 Å². The number of aryl methyl sites for hydroxylation is 2. The van der Waals surface area contributed by atoms with Crippen molar-refractivity contribution >= 4 is 0 Å². The summed E-state index contributed by atoms with van der Waals surface area (Å²) < 4.78 is 5.58. The first-order valence-corrected chi connectivity index (χ1v) is 7.58. The molecule has 1 aliphatic heterocycles. The van der Waals surface area contributed by atoms with Gasteiger partial charge in [0.2, 0.25) is 0 Å². The fraction of sp³-hybridized carbons (Fsp3) is 0.647. The second-order valence-electron chi connectivity index (χ2n) is 6.33. The lowest BCUT2D eigenvalue weighted by molar-refractivity contribution is -0.00644. The van der Waals surface area contributed by atoms with Crippen LogP contribution in [-0.4, -0.2) is 37.7 Å². The number of piperidine rings is 1. The predicted molar refractivity (Wildman–Crippen MR) is 83.9 cm³/mol. The van der Waals surface area contributed by atoms with Gasteiger partial charge in [0, 0.05) is 26.2 Å². The highest BCUT2D eigenvalue weighted by molar-refractivity contribution is 5.30. The summed E-state index contributed by atoms with van der Waals surface area (Å²) in [5.41, 5.74) is 10.2. The largest absolute Gasteiger partial charge is 0.380 e. The second-order valence-corrected chi connectivity index (χ2v) is 6.33. The van der Waals surface area contributed by atoms with E-state index in [-0.39, 0.29) is 6.04 Å². The molecule has 1 aromatic rings. The molecule has 20 heavy (non-hydrogen) atoms. The van der Waals surface area contributed by atoms with Crippen molar-refractivity contribution in [3.63, 3.8) is 0 Å². The monoisotopic (exact) mass is 276 g/mol. The highest BCUT2D eigenvalue weighted by Crippen LogP contribution is 2.22. The summed E-state index contributed by atoms with van der Waals surface area (Å²) in [6, 6.07) is 6.69. The number of nitrogens with two attached hydrogens (primary N) is 1. The molecule has 3 nitrogen and oxygen atoms in total. The van der Waals surface area contributed by atoms with Crippen LogP contribution in [-0.2, 0) is 4.74 Å². The molecule has 1 fully saturated rings. The topological polar surface area (TPSA) is 38.5 Å². The van der Waals surface area contributed by atoms with Crippen molar-refractivity contribution in [3.05, 3.63) is 34.9 Å². The van der Waals surface area contributed by atoms with Gasteiger partial charge in [0.15, 0.2) is 0 Å². The summed E-state index contributed by atoms with van der Waals surface area (Å²) in [6.45, 7) is 9.57. The number of likely N-dealkylation sites (tertiary alicyclic amines) is 1. The maximum absolute atomic E-state index is 6.40. The lowest BCUT2D eigenvalue weighted by Crippen LogP contribution is -2.46. The van der Waals surface area contributed by atoms with Gasteiger partial charge in [0.25, 0.3) is 0 Å². The first-order valence-electron chi connectivity index (χ1n) is 7.58. The van der Waals surface area contributed by atoms with Gasteiger partial charge in [-0.3, -0.25) is 4.90 Å². The third-order valence-electron chi connectivity index (χ3n) is 4.40. The number of methoxy groups -OCH3 is 1. The van der Waals surface area contributed by atoms with E-state index >= 15 is 0 Å². The second kappa shape index (κ2) is 6.70. The minimum atomic E-state index is 0.0829. The third kappa shape index (κ3) is 3.81. The Kier molecular flexibility index (Phi) is 5.19. The number of hydrogen-bond acceptors (Lipinski definition) is 3. The lowest BCUT2D eigenvalue weighted by atomic mass is 9.94. The van der Waals surface area contributed by atoms with Crippen molar-refractivity contribution < 1.29 is 4.74 Å². The quantitative estimate of drug-likeness (QED) is 0.919. The van der Waals surface area contributed by atoms with Gasteiger partial charge in [-0.25, -0.2) is 0 Å². The van der Waals surface area contributed by atoms with E-state index < -0.39 is 0 Å². The van der Waals surface area contributed by atoms with Crippen molar-refractivity contribution in [3.8, 4) is 0 Å². The molecule has 1 aliphatic rings. The summed E-state index contributed by atoms with van der Waals surface area (Å²) in [5, 5.41) is 0. The van der Waals surface area contributed by atoms with Crippen LogP contribution in [0.1, 0.15) is 36.1 Å². The van der Waals surface area contributed by atoms with E-state index in [0.29, 0.717) is 12.0 Å². The fourth-order valence-electron chi connectivity index (χ4n) is 3.18. The fourth-order valence-corrected chi connectivity index (χ4v) is 3.18. The van der Waals surface area contributed by atoms with Crippen molar-refractivity contribution in [2.45, 2.75) is 39.3 Å². The van der Waals surface area contributed by atoms with E-state index in [2.05, 4.69) is 43.9 Å². The normalized spacial score (nSPS) is 25.6. The van der Waals surface area contributed by atoms with E-state index in [1.165, 1.54) is 23.1 Å². The van der Waals surface area contributed by atoms with Gasteiger partial charge in [0.1, 0.15) is 0 Å². The van der Waals surface area contributed by atoms with Crippen LogP contribution in [0, 0.1) is 19.8 Å². The number of nitrogens with zero attached hydrogens (tertiary/aromatic N) is 1. The van der Waals surface area contributed by atoms with Crippen molar-refractivity contribution in [2.24, 2.45) is 11.7 Å². The molecular weight excluding hydrogens is 248 g/mol. The maximum atomic E-state index is 6.40. The molecule has 3 atom stereocenters. The van der Waals surface area contributed by atoms with Gasteiger partial charge in [0.05, 0.1) is 6.10 Å². The molecule has 0 aliphatic carbocycles.